The number of ether oxygens (including phenoxy) is 2. The molecule has 6 N–H and O–H groups in total. The lowest BCUT2D eigenvalue weighted by atomic mass is 10.1. The Bertz CT molecular complexity index is 1210. The molecule has 0 spiro atoms. The molecule has 0 radical (unpaired) electrons. The monoisotopic (exact) mass is 480 g/mol. The largest absolute Gasteiger partial charge is 0.489 e. The first-order valence-electron chi connectivity index (χ1n) is 10.4. The van der Waals surface area contributed by atoms with Crippen LogP contribution in [0.2, 0.25) is 5.02 Å². The van der Waals surface area contributed by atoms with E-state index >= 15 is 0 Å². The normalized spacial score (nSPS) is 10.4. The van der Waals surface area contributed by atoms with Crippen molar-refractivity contribution >= 4 is 29.3 Å². The summed E-state index contributed by atoms with van der Waals surface area (Å²) < 4.78 is 11.3. The predicted octanol–water partition coefficient (Wildman–Crippen LogP) is 3.31. The van der Waals surface area contributed by atoms with Crippen molar-refractivity contribution in [1.29, 1.82) is 5.41 Å². The van der Waals surface area contributed by atoms with Crippen molar-refractivity contribution in [3.8, 4) is 11.5 Å². The molecule has 0 bridgehead atoms. The molecule has 0 unspecified atom stereocenters. The van der Waals surface area contributed by atoms with Gasteiger partial charge in [0.25, 0.3) is 11.8 Å². The lowest BCUT2D eigenvalue weighted by molar-refractivity contribution is -0.119. The van der Waals surface area contributed by atoms with E-state index in [2.05, 4.69) is 5.32 Å². The van der Waals surface area contributed by atoms with Crippen molar-refractivity contribution in [2.24, 2.45) is 11.5 Å². The van der Waals surface area contributed by atoms with Crippen LogP contribution in [0.25, 0.3) is 0 Å². The van der Waals surface area contributed by atoms with E-state index in [-0.39, 0.29) is 24.9 Å². The van der Waals surface area contributed by atoms with Crippen LogP contribution in [-0.2, 0) is 17.9 Å². The van der Waals surface area contributed by atoms with Gasteiger partial charge in [0.2, 0.25) is 0 Å². The molecule has 176 valence electrons. The van der Waals surface area contributed by atoms with E-state index in [4.69, 9.17) is 38.0 Å². The number of rotatable bonds is 10. The summed E-state index contributed by atoms with van der Waals surface area (Å²) in [5, 5.41) is 11.1. The standard InChI is InChI=1S/C25H25ClN4O4/c1-15-8-19(10-21(9-15)33-13-16-2-6-20(26)7-3-16)25(32)30-12-18-5-4-17(24(28)29)11-22(18)34-14-23(27)31/h2-11H,12-14H2,1H3,(H2,27,31)(H3,28,29)(H,30,32). The first-order chi connectivity index (χ1) is 16.2. The molecule has 0 saturated heterocycles. The fraction of sp³-hybridized carbons (Fsp3) is 0.160. The molecule has 3 aromatic rings. The molecule has 3 aromatic carbocycles. The van der Waals surface area contributed by atoms with E-state index in [0.717, 1.165) is 11.1 Å². The van der Waals surface area contributed by atoms with Gasteiger partial charge in [-0.15, -0.1) is 0 Å². The highest BCUT2D eigenvalue weighted by molar-refractivity contribution is 6.30. The fourth-order valence-corrected chi connectivity index (χ4v) is 3.26. The molecule has 2 amide bonds. The first kappa shape index (κ1) is 24.6. The number of amidine groups is 1. The predicted molar refractivity (Wildman–Crippen MR) is 130 cm³/mol. The van der Waals surface area contributed by atoms with Crippen LogP contribution in [0.5, 0.6) is 11.5 Å². The molecule has 0 saturated carbocycles. The molecule has 0 aromatic heterocycles. The Balaban J connectivity index is 1.70. The number of nitrogens with one attached hydrogen (secondary N) is 2. The molecule has 0 aliphatic carbocycles. The molecule has 0 fully saturated rings. The van der Waals surface area contributed by atoms with E-state index < -0.39 is 5.91 Å². The van der Waals surface area contributed by atoms with Gasteiger partial charge >= 0.3 is 0 Å². The zero-order valence-electron chi connectivity index (χ0n) is 18.6. The van der Waals surface area contributed by atoms with Gasteiger partial charge in [-0.05, 0) is 54.4 Å². The number of carbonyl (C=O) groups excluding carboxylic acids is 2. The summed E-state index contributed by atoms with van der Waals surface area (Å²) in [5.41, 5.74) is 14.0. The average molecular weight is 481 g/mol. The number of hydrogen-bond acceptors (Lipinski definition) is 5. The van der Waals surface area contributed by atoms with Gasteiger partial charge in [-0.2, -0.15) is 0 Å². The minimum absolute atomic E-state index is 0.125. The quantitative estimate of drug-likeness (QED) is 0.260. The molecule has 0 heterocycles. The fourth-order valence-electron chi connectivity index (χ4n) is 3.14. The Labute approximate surface area is 202 Å². The number of benzene rings is 3. The van der Waals surface area contributed by atoms with E-state index in [9.17, 15) is 9.59 Å². The van der Waals surface area contributed by atoms with Crippen LogP contribution in [0.15, 0.2) is 60.7 Å². The molecule has 3 rings (SSSR count). The summed E-state index contributed by atoms with van der Waals surface area (Å²) in [7, 11) is 0. The van der Waals surface area contributed by atoms with Gasteiger partial charge < -0.3 is 26.3 Å². The maximum atomic E-state index is 12.8. The highest BCUT2D eigenvalue weighted by atomic mass is 35.5. The molecule has 0 aliphatic heterocycles. The summed E-state index contributed by atoms with van der Waals surface area (Å²) in [5.74, 6) is -0.226. The smallest absolute Gasteiger partial charge is 0.255 e. The average Bonchev–Trinajstić information content (AvgIpc) is 2.80. The van der Waals surface area contributed by atoms with E-state index in [0.29, 0.717) is 39.8 Å². The Morgan fingerprint density at radius 3 is 2.38 bits per heavy atom. The molecule has 0 aliphatic rings. The Hall–Kier alpha value is -4.04. The lowest BCUT2D eigenvalue weighted by Gasteiger charge is -2.14. The summed E-state index contributed by atoms with van der Waals surface area (Å²) in [6, 6.07) is 17.4. The Kier molecular flexibility index (Phi) is 8.10. The highest BCUT2D eigenvalue weighted by Crippen LogP contribution is 2.22. The third-order valence-electron chi connectivity index (χ3n) is 4.82. The van der Waals surface area contributed by atoms with Gasteiger partial charge in [0.1, 0.15) is 23.9 Å². The number of nitrogen functional groups attached to an aromatic ring is 1. The van der Waals surface area contributed by atoms with Gasteiger partial charge in [-0.3, -0.25) is 15.0 Å². The second kappa shape index (κ2) is 11.2. The number of nitrogens with two attached hydrogens (primary N) is 2. The minimum atomic E-state index is -0.644. The summed E-state index contributed by atoms with van der Waals surface area (Å²) in [4.78, 5) is 24.0. The number of hydrogen-bond donors (Lipinski definition) is 4. The van der Waals surface area contributed by atoms with Crippen molar-refractivity contribution in [1.82, 2.24) is 5.32 Å². The summed E-state index contributed by atoms with van der Waals surface area (Å²) in [6.45, 7) is 2.00. The van der Waals surface area contributed by atoms with Gasteiger partial charge in [0, 0.05) is 28.3 Å². The molecular formula is C25H25ClN4O4. The molecule has 9 heteroatoms. The van der Waals surface area contributed by atoms with Crippen LogP contribution >= 0.6 is 11.6 Å². The van der Waals surface area contributed by atoms with Crippen LogP contribution in [-0.4, -0.2) is 24.3 Å². The van der Waals surface area contributed by atoms with Gasteiger partial charge in [-0.1, -0.05) is 35.9 Å². The van der Waals surface area contributed by atoms with Crippen LogP contribution in [0.1, 0.15) is 32.6 Å². The third-order valence-corrected chi connectivity index (χ3v) is 5.07. The zero-order valence-corrected chi connectivity index (χ0v) is 19.3. The first-order valence-corrected chi connectivity index (χ1v) is 10.7. The van der Waals surface area contributed by atoms with Gasteiger partial charge in [0.05, 0.1) is 0 Å². The van der Waals surface area contributed by atoms with Crippen molar-refractivity contribution in [3.05, 3.63) is 93.5 Å². The molecule has 8 nitrogen and oxygen atoms in total. The maximum absolute atomic E-state index is 12.8. The second-order valence-electron chi connectivity index (χ2n) is 7.62. The van der Waals surface area contributed by atoms with E-state index in [1.807, 2.05) is 25.1 Å². The van der Waals surface area contributed by atoms with E-state index in [1.54, 1.807) is 36.4 Å². The maximum Gasteiger partial charge on any atom is 0.255 e. The van der Waals surface area contributed by atoms with Crippen LogP contribution in [0.4, 0.5) is 0 Å². The van der Waals surface area contributed by atoms with Crippen molar-refractivity contribution in [2.75, 3.05) is 6.61 Å². The molecule has 34 heavy (non-hydrogen) atoms. The zero-order chi connectivity index (χ0) is 24.7. The Morgan fingerprint density at radius 1 is 0.971 bits per heavy atom. The molecular weight excluding hydrogens is 456 g/mol. The highest BCUT2D eigenvalue weighted by Gasteiger charge is 2.12. The number of carbonyl (C=O) groups is 2. The minimum Gasteiger partial charge on any atom is -0.489 e. The van der Waals surface area contributed by atoms with Gasteiger partial charge in [0.15, 0.2) is 6.61 Å². The topological polar surface area (TPSA) is 141 Å². The third kappa shape index (κ3) is 6.98. The Morgan fingerprint density at radius 2 is 1.71 bits per heavy atom. The van der Waals surface area contributed by atoms with Crippen LogP contribution < -0.4 is 26.3 Å². The van der Waals surface area contributed by atoms with Crippen molar-refractivity contribution < 1.29 is 19.1 Å². The van der Waals surface area contributed by atoms with Crippen LogP contribution in [0, 0.1) is 12.3 Å². The SMILES string of the molecule is Cc1cc(OCc2ccc(Cl)cc2)cc(C(=O)NCc2ccc(C(=N)N)cc2OCC(N)=O)c1. The number of aryl methyl sites for hydroxylation is 1. The van der Waals surface area contributed by atoms with E-state index in [1.165, 1.54) is 6.07 Å². The number of halogens is 1. The molecule has 0 atom stereocenters. The summed E-state index contributed by atoms with van der Waals surface area (Å²) >= 11 is 5.91. The van der Waals surface area contributed by atoms with Gasteiger partial charge in [-0.25, -0.2) is 0 Å². The lowest BCUT2D eigenvalue weighted by Crippen LogP contribution is -2.24. The second-order valence-corrected chi connectivity index (χ2v) is 8.06. The van der Waals surface area contributed by atoms with Crippen molar-refractivity contribution in [2.45, 2.75) is 20.1 Å². The van der Waals surface area contributed by atoms with Crippen molar-refractivity contribution in [3.63, 3.8) is 0 Å². The number of primary amides is 1. The summed E-state index contributed by atoms with van der Waals surface area (Å²) in [6.07, 6.45) is 0. The number of amides is 2. The van der Waals surface area contributed by atoms with Crippen LogP contribution in [0.3, 0.4) is 0 Å².